The van der Waals surface area contributed by atoms with Crippen molar-refractivity contribution >= 4 is 11.7 Å². The first-order chi connectivity index (χ1) is 7.19. The van der Waals surface area contributed by atoms with Gasteiger partial charge in [0, 0.05) is 12.8 Å². The summed E-state index contributed by atoms with van der Waals surface area (Å²) in [4.78, 5) is 23.2. The van der Waals surface area contributed by atoms with E-state index in [1.54, 1.807) is 0 Å². The topological polar surface area (TPSA) is 46.2 Å². The smallest absolute Gasteiger partial charge is 0.221 e. The van der Waals surface area contributed by atoms with Crippen molar-refractivity contribution in [1.29, 1.82) is 0 Å². The lowest BCUT2D eigenvalue weighted by Crippen LogP contribution is -2.48. The molecule has 1 heterocycles. The zero-order valence-corrected chi connectivity index (χ0v) is 9.08. The molecule has 82 valence electrons. The van der Waals surface area contributed by atoms with Crippen LogP contribution in [0, 0.1) is 5.92 Å². The van der Waals surface area contributed by atoms with Gasteiger partial charge in [-0.15, -0.1) is 0 Å². The molecular weight excluding hydrogens is 190 g/mol. The normalized spacial score (nSPS) is 34.9. The first-order valence-corrected chi connectivity index (χ1v) is 5.68. The van der Waals surface area contributed by atoms with Crippen LogP contribution in [0.25, 0.3) is 0 Å². The average molecular weight is 207 g/mol. The van der Waals surface area contributed by atoms with Crippen molar-refractivity contribution in [2.45, 2.75) is 44.6 Å². The van der Waals surface area contributed by atoms with Gasteiger partial charge in [0.25, 0.3) is 0 Å². The fourth-order valence-electron chi connectivity index (χ4n) is 2.74. The Balaban J connectivity index is 2.17. The molecular formula is C12H17NO2. The van der Waals surface area contributed by atoms with Gasteiger partial charge in [0.2, 0.25) is 5.91 Å². The van der Waals surface area contributed by atoms with E-state index < -0.39 is 5.54 Å². The molecule has 0 aromatic heterocycles. The van der Waals surface area contributed by atoms with Crippen LogP contribution in [0.2, 0.25) is 0 Å². The molecule has 1 unspecified atom stereocenters. The summed E-state index contributed by atoms with van der Waals surface area (Å²) < 4.78 is 0. The van der Waals surface area contributed by atoms with Crippen LogP contribution < -0.4 is 5.32 Å². The quantitative estimate of drug-likeness (QED) is 0.714. The lowest BCUT2D eigenvalue weighted by Gasteiger charge is -2.25. The predicted molar refractivity (Wildman–Crippen MR) is 57.3 cm³/mol. The fourth-order valence-corrected chi connectivity index (χ4v) is 2.74. The van der Waals surface area contributed by atoms with Gasteiger partial charge in [-0.05, 0) is 25.2 Å². The van der Waals surface area contributed by atoms with E-state index in [9.17, 15) is 9.59 Å². The second kappa shape index (κ2) is 3.80. The van der Waals surface area contributed by atoms with Gasteiger partial charge in [-0.1, -0.05) is 19.1 Å². The molecule has 2 fully saturated rings. The summed E-state index contributed by atoms with van der Waals surface area (Å²) in [5, 5.41) is 2.90. The highest BCUT2D eigenvalue weighted by atomic mass is 16.2. The molecule has 0 spiro atoms. The molecule has 3 nitrogen and oxygen atoms in total. The Morgan fingerprint density at radius 3 is 3.00 bits per heavy atom. The molecule has 1 N–H and O–H groups in total. The third-order valence-electron chi connectivity index (χ3n) is 3.55. The van der Waals surface area contributed by atoms with Crippen LogP contribution in [0.4, 0.5) is 0 Å². The van der Waals surface area contributed by atoms with E-state index in [0.29, 0.717) is 19.3 Å². The number of ketones is 1. The van der Waals surface area contributed by atoms with E-state index in [0.717, 1.165) is 12.8 Å². The van der Waals surface area contributed by atoms with Crippen LogP contribution in [0.1, 0.15) is 39.0 Å². The zero-order chi connectivity index (χ0) is 10.9. The molecule has 1 amide bonds. The second-order valence-electron chi connectivity index (χ2n) is 4.47. The van der Waals surface area contributed by atoms with Gasteiger partial charge in [0.05, 0.1) is 0 Å². The van der Waals surface area contributed by atoms with Crippen molar-refractivity contribution in [1.82, 2.24) is 5.32 Å². The second-order valence-corrected chi connectivity index (χ2v) is 4.47. The minimum atomic E-state index is -0.539. The van der Waals surface area contributed by atoms with Crippen LogP contribution >= 0.6 is 0 Å². The van der Waals surface area contributed by atoms with Crippen LogP contribution in [0.3, 0.4) is 0 Å². The summed E-state index contributed by atoms with van der Waals surface area (Å²) in [6.45, 7) is 2.06. The highest BCUT2D eigenvalue weighted by Gasteiger charge is 2.54. The summed E-state index contributed by atoms with van der Waals surface area (Å²) in [5.74, 6) is 0.496. The summed E-state index contributed by atoms with van der Waals surface area (Å²) in [5.41, 5.74) is -0.539. The molecule has 2 rings (SSSR count). The van der Waals surface area contributed by atoms with Crippen molar-refractivity contribution in [3.8, 4) is 0 Å². The summed E-state index contributed by atoms with van der Waals surface area (Å²) >= 11 is 0. The van der Waals surface area contributed by atoms with Crippen LogP contribution in [-0.4, -0.2) is 17.2 Å². The van der Waals surface area contributed by atoms with Crippen molar-refractivity contribution in [2.24, 2.45) is 5.92 Å². The number of allylic oxidation sites excluding steroid dienone is 1. The number of Topliss-reactive ketones (excluding diaryl/α,β-unsaturated/α-hetero) is 1. The van der Waals surface area contributed by atoms with Gasteiger partial charge in [-0.3, -0.25) is 9.59 Å². The number of hydrogen-bond acceptors (Lipinski definition) is 2. The molecule has 0 radical (unpaired) electrons. The number of amides is 1. The maximum absolute atomic E-state index is 11.9. The fraction of sp³-hybridized carbons (Fsp3) is 0.667. The van der Waals surface area contributed by atoms with E-state index in [4.69, 9.17) is 0 Å². The average Bonchev–Trinajstić information content (AvgIpc) is 2.65. The lowest BCUT2D eigenvalue weighted by molar-refractivity contribution is -0.127. The number of rotatable bonds is 3. The molecule has 3 heteroatoms. The minimum Gasteiger partial charge on any atom is -0.343 e. The Labute approximate surface area is 89.9 Å². The monoisotopic (exact) mass is 207 g/mol. The largest absolute Gasteiger partial charge is 0.343 e. The van der Waals surface area contributed by atoms with Gasteiger partial charge < -0.3 is 5.32 Å². The summed E-state index contributed by atoms with van der Waals surface area (Å²) in [7, 11) is 0. The van der Waals surface area contributed by atoms with E-state index in [2.05, 4.69) is 18.3 Å². The lowest BCUT2D eigenvalue weighted by atomic mass is 9.85. The number of fused-ring (bicyclic) bond motifs is 1. The van der Waals surface area contributed by atoms with Crippen molar-refractivity contribution in [2.75, 3.05) is 0 Å². The van der Waals surface area contributed by atoms with Gasteiger partial charge >= 0.3 is 0 Å². The first-order valence-electron chi connectivity index (χ1n) is 5.68. The molecule has 1 aliphatic heterocycles. The van der Waals surface area contributed by atoms with Crippen molar-refractivity contribution in [3.05, 3.63) is 12.2 Å². The van der Waals surface area contributed by atoms with E-state index in [1.807, 2.05) is 6.08 Å². The van der Waals surface area contributed by atoms with E-state index in [1.165, 1.54) is 0 Å². The van der Waals surface area contributed by atoms with Gasteiger partial charge in [0.15, 0.2) is 5.78 Å². The Hall–Kier alpha value is -1.12. The van der Waals surface area contributed by atoms with E-state index in [-0.39, 0.29) is 17.6 Å². The number of hydrogen-bond donors (Lipinski definition) is 1. The highest BCUT2D eigenvalue weighted by molar-refractivity contribution is 5.98. The van der Waals surface area contributed by atoms with Gasteiger partial charge in [-0.2, -0.15) is 0 Å². The Bertz CT molecular complexity index is 322. The maximum atomic E-state index is 11.9. The zero-order valence-electron chi connectivity index (χ0n) is 9.08. The molecule has 2 aliphatic rings. The Morgan fingerprint density at radius 1 is 1.47 bits per heavy atom. The Morgan fingerprint density at radius 2 is 2.27 bits per heavy atom. The van der Waals surface area contributed by atoms with Gasteiger partial charge in [-0.25, -0.2) is 0 Å². The predicted octanol–water partition coefficient (Wildman–Crippen LogP) is 1.58. The molecule has 15 heavy (non-hydrogen) atoms. The maximum Gasteiger partial charge on any atom is 0.221 e. The van der Waals surface area contributed by atoms with E-state index >= 15 is 0 Å². The van der Waals surface area contributed by atoms with Crippen molar-refractivity contribution < 1.29 is 9.59 Å². The molecule has 0 bridgehead atoms. The third-order valence-corrected chi connectivity index (χ3v) is 3.55. The third kappa shape index (κ3) is 1.60. The molecule has 1 aliphatic carbocycles. The minimum absolute atomic E-state index is 0.0398. The first kappa shape index (κ1) is 10.4. The van der Waals surface area contributed by atoms with Gasteiger partial charge in [0.1, 0.15) is 5.54 Å². The number of nitrogens with one attached hydrogen (secondary N) is 1. The van der Waals surface area contributed by atoms with Crippen LogP contribution in [-0.2, 0) is 9.59 Å². The number of carbonyl (C=O) groups excluding carboxylic acids is 2. The molecule has 2 atom stereocenters. The molecule has 1 saturated heterocycles. The summed E-state index contributed by atoms with van der Waals surface area (Å²) in [6, 6.07) is 0. The van der Waals surface area contributed by atoms with Crippen LogP contribution in [0.15, 0.2) is 12.2 Å². The number of carbonyl (C=O) groups is 2. The molecule has 0 aromatic carbocycles. The Kier molecular flexibility index (Phi) is 2.63. The SMILES string of the molecule is CC/C=C\C[C@@]12NC(=O)CC1CCC2=O. The van der Waals surface area contributed by atoms with Crippen molar-refractivity contribution in [3.63, 3.8) is 0 Å². The molecule has 0 aromatic rings. The summed E-state index contributed by atoms with van der Waals surface area (Å²) in [6.07, 6.45) is 7.77. The van der Waals surface area contributed by atoms with Crippen LogP contribution in [0.5, 0.6) is 0 Å². The standard InChI is InChI=1S/C12H17NO2/c1-2-3-4-7-12-9(5-6-10(12)14)8-11(15)13-12/h3-4,9H,2,5-8H2,1H3,(H,13,15)/b4-3-/t9?,12-/m1/s1. The highest BCUT2D eigenvalue weighted by Crippen LogP contribution is 2.41. The molecule has 1 saturated carbocycles.